The van der Waals surface area contributed by atoms with Gasteiger partial charge < -0.3 is 5.73 Å². The van der Waals surface area contributed by atoms with Gasteiger partial charge in [-0.25, -0.2) is 8.78 Å². The van der Waals surface area contributed by atoms with Gasteiger partial charge in [0.15, 0.2) is 0 Å². The van der Waals surface area contributed by atoms with E-state index < -0.39 is 11.6 Å². The van der Waals surface area contributed by atoms with Crippen molar-refractivity contribution in [2.24, 2.45) is 0 Å². The first kappa shape index (κ1) is 13.4. The van der Waals surface area contributed by atoms with Crippen molar-refractivity contribution in [1.82, 2.24) is 0 Å². The van der Waals surface area contributed by atoms with Crippen LogP contribution >= 0.6 is 27.7 Å². The van der Waals surface area contributed by atoms with E-state index >= 15 is 0 Å². The van der Waals surface area contributed by atoms with E-state index in [2.05, 4.69) is 15.9 Å². The number of nitrogens with two attached hydrogens (primary N) is 1. The van der Waals surface area contributed by atoms with E-state index in [1.165, 1.54) is 23.9 Å². The summed E-state index contributed by atoms with van der Waals surface area (Å²) in [5.41, 5.74) is 7.43. The fourth-order valence-corrected chi connectivity index (χ4v) is 2.76. The van der Waals surface area contributed by atoms with Gasteiger partial charge in [-0.2, -0.15) is 0 Å². The van der Waals surface area contributed by atoms with Crippen LogP contribution in [0.25, 0.3) is 0 Å². The van der Waals surface area contributed by atoms with Crippen LogP contribution in [0.1, 0.15) is 5.56 Å². The minimum atomic E-state index is -0.569. The number of anilines is 1. The smallest absolute Gasteiger partial charge is 0.139 e. The van der Waals surface area contributed by atoms with Crippen LogP contribution in [0.3, 0.4) is 0 Å². The molecule has 0 spiro atoms. The summed E-state index contributed by atoms with van der Waals surface area (Å²) in [4.78, 5) is 0.415. The van der Waals surface area contributed by atoms with E-state index in [0.29, 0.717) is 16.3 Å². The molecule has 0 atom stereocenters. The van der Waals surface area contributed by atoms with E-state index in [1.54, 1.807) is 6.07 Å². The first-order chi connectivity index (χ1) is 8.56. The van der Waals surface area contributed by atoms with Gasteiger partial charge in [-0.1, -0.05) is 22.0 Å². The highest BCUT2D eigenvalue weighted by Crippen LogP contribution is 2.29. The highest BCUT2D eigenvalue weighted by Gasteiger charge is 2.06. The molecule has 2 N–H and O–H groups in total. The van der Waals surface area contributed by atoms with Crippen molar-refractivity contribution in [3.63, 3.8) is 0 Å². The van der Waals surface area contributed by atoms with E-state index in [9.17, 15) is 8.78 Å². The molecular weight excluding hydrogens is 320 g/mol. The minimum Gasteiger partial charge on any atom is -0.398 e. The number of hydrogen-bond acceptors (Lipinski definition) is 2. The third kappa shape index (κ3) is 3.23. The Balaban J connectivity index is 2.11. The summed E-state index contributed by atoms with van der Waals surface area (Å²) in [6.45, 7) is 0. The minimum absolute atomic E-state index is 0.415. The zero-order valence-electron chi connectivity index (χ0n) is 9.29. The van der Waals surface area contributed by atoms with Crippen molar-refractivity contribution in [2.45, 2.75) is 10.6 Å². The van der Waals surface area contributed by atoms with E-state index in [-0.39, 0.29) is 0 Å². The van der Waals surface area contributed by atoms with Crippen LogP contribution in [0.5, 0.6) is 0 Å². The highest BCUT2D eigenvalue weighted by molar-refractivity contribution is 9.10. The lowest BCUT2D eigenvalue weighted by molar-refractivity contribution is 0.565. The Morgan fingerprint density at radius 2 is 1.89 bits per heavy atom. The van der Waals surface area contributed by atoms with Crippen LogP contribution < -0.4 is 5.73 Å². The molecule has 0 saturated carbocycles. The molecule has 0 unspecified atom stereocenters. The molecule has 1 nitrogen and oxygen atoms in total. The quantitative estimate of drug-likeness (QED) is 0.657. The monoisotopic (exact) mass is 329 g/mol. The SMILES string of the molecule is Nc1cc(Br)ccc1CSc1ccc(F)cc1F. The molecule has 0 amide bonds. The van der Waals surface area contributed by atoms with Crippen LogP contribution in [0.15, 0.2) is 45.8 Å². The summed E-state index contributed by atoms with van der Waals surface area (Å²) in [5.74, 6) is -0.572. The number of thioether (sulfide) groups is 1. The Morgan fingerprint density at radius 1 is 1.11 bits per heavy atom. The molecule has 0 bridgehead atoms. The van der Waals surface area contributed by atoms with Gasteiger partial charge in [-0.15, -0.1) is 11.8 Å². The predicted molar refractivity (Wildman–Crippen MR) is 74.5 cm³/mol. The first-order valence-electron chi connectivity index (χ1n) is 5.18. The Kier molecular flexibility index (Phi) is 4.24. The third-order valence-electron chi connectivity index (χ3n) is 2.39. The largest absolute Gasteiger partial charge is 0.398 e. The molecule has 2 aromatic rings. The second-order valence-electron chi connectivity index (χ2n) is 3.71. The molecule has 0 fully saturated rings. The lowest BCUT2D eigenvalue weighted by atomic mass is 10.2. The topological polar surface area (TPSA) is 26.0 Å². The standard InChI is InChI=1S/C13H10BrF2NS/c14-9-2-1-8(12(17)5-9)7-18-13-4-3-10(15)6-11(13)16/h1-6H,7,17H2. The summed E-state index contributed by atoms with van der Waals surface area (Å²) >= 11 is 4.62. The van der Waals surface area contributed by atoms with Crippen molar-refractivity contribution >= 4 is 33.4 Å². The molecule has 2 rings (SSSR count). The normalized spacial score (nSPS) is 10.6. The highest BCUT2D eigenvalue weighted by atomic mass is 79.9. The Bertz CT molecular complexity index is 523. The van der Waals surface area contributed by atoms with Crippen molar-refractivity contribution < 1.29 is 8.78 Å². The van der Waals surface area contributed by atoms with Crippen LogP contribution in [-0.4, -0.2) is 0 Å². The summed E-state index contributed by atoms with van der Waals surface area (Å²) in [5, 5.41) is 0. The second-order valence-corrected chi connectivity index (χ2v) is 5.64. The van der Waals surface area contributed by atoms with Gasteiger partial charge in [0.25, 0.3) is 0 Å². The Morgan fingerprint density at radius 3 is 2.56 bits per heavy atom. The second kappa shape index (κ2) is 5.71. The molecule has 0 heterocycles. The van der Waals surface area contributed by atoms with Crippen molar-refractivity contribution in [3.8, 4) is 0 Å². The maximum atomic E-state index is 13.4. The van der Waals surface area contributed by atoms with Gasteiger partial charge in [0.2, 0.25) is 0 Å². The molecule has 0 aliphatic rings. The molecule has 0 saturated heterocycles. The van der Waals surface area contributed by atoms with Gasteiger partial charge in [-0.3, -0.25) is 0 Å². The number of nitrogen functional groups attached to an aromatic ring is 1. The molecule has 5 heteroatoms. The van der Waals surface area contributed by atoms with Crippen LogP contribution in [0.2, 0.25) is 0 Å². The lowest BCUT2D eigenvalue weighted by Gasteiger charge is -2.07. The zero-order chi connectivity index (χ0) is 13.1. The average Bonchev–Trinajstić information content (AvgIpc) is 2.30. The summed E-state index contributed by atoms with van der Waals surface area (Å²) in [6.07, 6.45) is 0. The van der Waals surface area contributed by atoms with E-state index in [0.717, 1.165) is 16.1 Å². The molecule has 18 heavy (non-hydrogen) atoms. The summed E-state index contributed by atoms with van der Waals surface area (Å²) < 4.78 is 27.1. The van der Waals surface area contributed by atoms with Crippen molar-refractivity contribution in [1.29, 1.82) is 0 Å². The number of halogens is 3. The van der Waals surface area contributed by atoms with Crippen LogP contribution in [0, 0.1) is 11.6 Å². The van der Waals surface area contributed by atoms with Gasteiger partial charge in [0, 0.05) is 26.9 Å². The summed E-state index contributed by atoms with van der Waals surface area (Å²) in [7, 11) is 0. The lowest BCUT2D eigenvalue weighted by Crippen LogP contribution is -1.93. The maximum Gasteiger partial charge on any atom is 0.139 e. The average molecular weight is 330 g/mol. The van der Waals surface area contributed by atoms with E-state index in [4.69, 9.17) is 5.73 Å². The van der Waals surface area contributed by atoms with Gasteiger partial charge in [0.1, 0.15) is 11.6 Å². The molecule has 0 aromatic heterocycles. The summed E-state index contributed by atoms with van der Waals surface area (Å²) in [6, 6.07) is 9.13. The Hall–Kier alpha value is -1.07. The predicted octanol–water partition coefficient (Wildman–Crippen LogP) is 4.60. The molecule has 0 radical (unpaired) electrons. The zero-order valence-corrected chi connectivity index (χ0v) is 11.7. The molecule has 2 aromatic carbocycles. The fraction of sp³-hybridized carbons (Fsp3) is 0.0769. The number of hydrogen-bond donors (Lipinski definition) is 1. The molecule has 94 valence electrons. The van der Waals surface area contributed by atoms with Crippen LogP contribution in [0.4, 0.5) is 14.5 Å². The van der Waals surface area contributed by atoms with Crippen molar-refractivity contribution in [3.05, 3.63) is 58.1 Å². The number of rotatable bonds is 3. The Labute approximate surface area is 117 Å². The van der Waals surface area contributed by atoms with Gasteiger partial charge >= 0.3 is 0 Å². The molecule has 0 aliphatic heterocycles. The van der Waals surface area contributed by atoms with Crippen molar-refractivity contribution in [2.75, 3.05) is 5.73 Å². The molecule has 0 aliphatic carbocycles. The molecular formula is C13H10BrF2NS. The van der Waals surface area contributed by atoms with E-state index in [1.807, 2.05) is 12.1 Å². The maximum absolute atomic E-state index is 13.4. The van der Waals surface area contributed by atoms with Gasteiger partial charge in [-0.05, 0) is 29.8 Å². The third-order valence-corrected chi connectivity index (χ3v) is 3.98. The fourth-order valence-electron chi connectivity index (χ4n) is 1.45. The first-order valence-corrected chi connectivity index (χ1v) is 6.96. The van der Waals surface area contributed by atoms with Gasteiger partial charge in [0.05, 0.1) is 0 Å². The number of benzene rings is 2. The van der Waals surface area contributed by atoms with Crippen LogP contribution in [-0.2, 0) is 5.75 Å².